The molecule has 1 atom stereocenters. The number of oxime groups is 2. The topological polar surface area (TPSA) is 255 Å². The molecule has 6 aromatic heterocycles. The number of nitrogens with two attached hydrogens (primary N) is 2. The Morgan fingerprint density at radius 1 is 0.696 bits per heavy atom. The number of alkyl halides is 1. The van der Waals surface area contributed by atoms with E-state index in [2.05, 4.69) is 106 Å². The van der Waals surface area contributed by atoms with Crippen molar-refractivity contribution in [2.75, 3.05) is 46.5 Å². The summed E-state index contributed by atoms with van der Waals surface area (Å²) in [6.07, 6.45) is 5.35. The second kappa shape index (κ2) is 36.8. The van der Waals surface area contributed by atoms with Gasteiger partial charge in [0, 0.05) is 71.1 Å². The number of rotatable bonds is 16. The molecule has 0 radical (unpaired) electrons. The minimum atomic E-state index is -0.544. The molecule has 20 nitrogen and oxygen atoms in total. The van der Waals surface area contributed by atoms with Crippen LogP contribution in [0.4, 0.5) is 13.2 Å². The number of nitrogens with one attached hydrogen (secondary N) is 1. The highest BCUT2D eigenvalue weighted by atomic mass is 79.9. The van der Waals surface area contributed by atoms with Crippen molar-refractivity contribution in [3.8, 4) is 17.6 Å². The predicted molar refractivity (Wildman–Crippen MR) is 377 cm³/mol. The van der Waals surface area contributed by atoms with Crippen molar-refractivity contribution in [3.05, 3.63) is 171 Å². The molecular weight excluding hydrogens is 1560 g/mol. The van der Waals surface area contributed by atoms with Crippen molar-refractivity contribution in [2.45, 2.75) is 61.3 Å². The van der Waals surface area contributed by atoms with Crippen LogP contribution in [0.1, 0.15) is 85.0 Å². The molecule has 6 N–H and O–H groups in total. The van der Waals surface area contributed by atoms with E-state index in [1.54, 1.807) is 54.4 Å². The molecule has 492 valence electrons. The van der Waals surface area contributed by atoms with E-state index in [0.717, 1.165) is 28.3 Å². The molecule has 7 heterocycles. The number of methoxy groups -OCH3 is 3. The Labute approximate surface area is 584 Å². The summed E-state index contributed by atoms with van der Waals surface area (Å²) >= 11 is 35.1. The van der Waals surface area contributed by atoms with Gasteiger partial charge in [-0.15, -0.1) is 0 Å². The van der Waals surface area contributed by atoms with E-state index < -0.39 is 17.5 Å². The first kappa shape index (κ1) is 78.0. The number of hydroxylamine groups is 1. The molecule has 0 fully saturated rings. The van der Waals surface area contributed by atoms with Gasteiger partial charge in [-0.25, -0.2) is 33.6 Å². The van der Waals surface area contributed by atoms with Gasteiger partial charge in [0.15, 0.2) is 29.9 Å². The fourth-order valence-electron chi connectivity index (χ4n) is 8.59. The SMILES string of the molecule is C.C.CCn1cc(C(=O)CBr)c2cc(Cl)c(F)cc21.CCn1cc(C(=O)CO/N=C(\N)c2ccc(Br)c(OC)n2)c2cc(Cl)c(F)cc21.CCn1cc(C2CONC(c3ccc(Br)c(OC)n3)=N2)c2cc(Cl)c(F)cc21.COc1nc(/C(N)=N/O)ccc1Br.CP=S. The van der Waals surface area contributed by atoms with Crippen LogP contribution in [0, 0.1) is 17.5 Å². The standard InChI is InChI=1S/C19H17BrClFN4O3.C19H17BrClFN4O2.C12H10BrClFNO.C7H8BrN3O2.CH3PS.2CH4/c1-3-26-8-11(10-6-13(21)14(22)7-16(10)26)17(27)9-29-25-18(23)15-5-4-12(20)19(24-15)28-2;1-3-26-8-11(10-6-13(21)14(22)7-17(10)26)16-9-28-25-18(23-16)15-5-4-12(20)19(24-15)27-2;1-2-16-6-8(12(17)5-13)7-3-9(14)10(15)4-11(7)16;1-13-7-4(8)2-3-5(10-7)6(9)11-12;1-2-3;;/h4-8H,3,9H2,1-2H3,(H2,23,25);4-8,16H,3,9H2,1-2H3,(H,23,25);3-4,6H,2,5H2,1H3;2-3,12H,1H3,(H2,9,11);1H3;2*1H4. The average molecular weight is 1630 g/mol. The number of Topliss-reactive ketones (excluding diaryl/α,β-unsaturated/α-hetero) is 2. The van der Waals surface area contributed by atoms with Crippen molar-refractivity contribution < 1.29 is 51.9 Å². The summed E-state index contributed by atoms with van der Waals surface area (Å²) in [6, 6.07) is 18.7. The average Bonchev–Trinajstić information content (AvgIpc) is 1.64. The van der Waals surface area contributed by atoms with Gasteiger partial charge in [0.1, 0.15) is 47.2 Å². The normalized spacial score (nSPS) is 12.7. The molecule has 0 aliphatic carbocycles. The molecule has 92 heavy (non-hydrogen) atoms. The van der Waals surface area contributed by atoms with Crippen LogP contribution in [0.25, 0.3) is 32.7 Å². The van der Waals surface area contributed by atoms with E-state index in [4.69, 9.17) is 80.4 Å². The summed E-state index contributed by atoms with van der Waals surface area (Å²) in [4.78, 5) is 52.4. The second-order valence-electron chi connectivity index (χ2n) is 18.2. The lowest BCUT2D eigenvalue weighted by Crippen LogP contribution is -2.33. The summed E-state index contributed by atoms with van der Waals surface area (Å²) in [7, 11) is 5.52. The number of carbonyl (C=O) groups is 2. The molecule has 9 aromatic rings. The Balaban J connectivity index is 0.000000267. The van der Waals surface area contributed by atoms with Gasteiger partial charge in [-0.1, -0.05) is 87.7 Å². The highest BCUT2D eigenvalue weighted by Gasteiger charge is 2.25. The first-order valence-corrected chi connectivity index (χ1v) is 33.3. The van der Waals surface area contributed by atoms with Crippen LogP contribution in [0.3, 0.4) is 0 Å². The van der Waals surface area contributed by atoms with Gasteiger partial charge in [-0.3, -0.25) is 19.4 Å². The molecule has 0 saturated carbocycles. The van der Waals surface area contributed by atoms with Gasteiger partial charge in [-0.05, 0) is 155 Å². The van der Waals surface area contributed by atoms with Crippen LogP contribution in [-0.4, -0.2) is 109 Å². The molecule has 1 aliphatic rings. The summed E-state index contributed by atoms with van der Waals surface area (Å²) < 4.78 is 64.2. The molecule has 10 rings (SSSR count). The summed E-state index contributed by atoms with van der Waals surface area (Å²) in [5.41, 5.74) is 19.2. The van der Waals surface area contributed by atoms with E-state index in [-0.39, 0.29) is 71.1 Å². The molecule has 32 heteroatoms. The van der Waals surface area contributed by atoms with Crippen molar-refractivity contribution in [2.24, 2.45) is 26.8 Å². The fraction of sp³-hybridized carbons (Fsp3) is 0.267. The van der Waals surface area contributed by atoms with Crippen LogP contribution in [0.15, 0.2) is 120 Å². The van der Waals surface area contributed by atoms with Crippen LogP contribution in [0.2, 0.25) is 15.1 Å². The number of hydrogen-bond acceptors (Lipinski definition) is 16. The highest BCUT2D eigenvalue weighted by molar-refractivity contribution is 9.11. The number of ketones is 2. The number of fused-ring (bicyclic) bond motifs is 3. The van der Waals surface area contributed by atoms with E-state index in [9.17, 15) is 22.8 Å². The number of aliphatic imine (C=N–C) groups is 1. The Hall–Kier alpha value is -6.46. The molecule has 0 amide bonds. The van der Waals surface area contributed by atoms with Gasteiger partial charge in [0.05, 0.1) is 71.7 Å². The third kappa shape index (κ3) is 19.1. The summed E-state index contributed by atoms with van der Waals surface area (Å²) in [6.45, 7) is 9.65. The summed E-state index contributed by atoms with van der Waals surface area (Å²) in [5, 5.41) is 17.4. The lowest BCUT2D eigenvalue weighted by atomic mass is 10.1. The number of amidine groups is 3. The largest absolute Gasteiger partial charge is 0.480 e. The van der Waals surface area contributed by atoms with Crippen LogP contribution in [-0.2, 0) is 41.1 Å². The fourth-order valence-corrected chi connectivity index (χ4v) is 10.5. The monoisotopic (exact) mass is 1620 g/mol. The molecule has 1 unspecified atom stereocenters. The molecule has 0 spiro atoms. The van der Waals surface area contributed by atoms with Crippen molar-refractivity contribution in [3.63, 3.8) is 0 Å². The third-order valence-corrected chi connectivity index (χ3v) is 16.0. The van der Waals surface area contributed by atoms with Gasteiger partial charge in [0.2, 0.25) is 23.4 Å². The van der Waals surface area contributed by atoms with Crippen LogP contribution in [0.5, 0.6) is 17.6 Å². The number of aryl methyl sites for hydroxylation is 3. The van der Waals surface area contributed by atoms with Gasteiger partial charge < -0.3 is 49.4 Å². The lowest BCUT2D eigenvalue weighted by Gasteiger charge is -2.21. The minimum absolute atomic E-state index is 0. The summed E-state index contributed by atoms with van der Waals surface area (Å²) in [5.74, 6) is -0.214. The number of aromatic nitrogens is 6. The first-order chi connectivity index (χ1) is 43.0. The minimum Gasteiger partial charge on any atom is -0.480 e. The van der Waals surface area contributed by atoms with E-state index in [1.807, 2.05) is 54.9 Å². The molecular formula is C60H63Br4Cl3F3N12O8PS. The number of nitrogens with zero attached hydrogens (tertiary/aromatic N) is 9. The van der Waals surface area contributed by atoms with Gasteiger partial charge >= 0.3 is 0 Å². The molecule has 0 bridgehead atoms. The quantitative estimate of drug-likeness (QED) is 0.0133. The molecule has 0 saturated heterocycles. The van der Waals surface area contributed by atoms with Crippen LogP contribution < -0.4 is 31.2 Å². The van der Waals surface area contributed by atoms with Crippen molar-refractivity contribution >= 4 is 179 Å². The van der Waals surface area contributed by atoms with Crippen molar-refractivity contribution in [1.29, 1.82) is 0 Å². The van der Waals surface area contributed by atoms with E-state index in [1.165, 1.54) is 44.6 Å². The highest BCUT2D eigenvalue weighted by Crippen LogP contribution is 2.35. The van der Waals surface area contributed by atoms with Crippen LogP contribution >= 0.6 is 106 Å². The number of carbonyl (C=O) groups excluding carboxylic acids is 2. The zero-order chi connectivity index (χ0) is 66.1. The lowest BCUT2D eigenvalue weighted by molar-refractivity contribution is 0.0623. The predicted octanol–water partition coefficient (Wildman–Crippen LogP) is 16.1. The molecule has 3 aromatic carbocycles. The Morgan fingerprint density at radius 2 is 1.11 bits per heavy atom. The second-order valence-corrected chi connectivity index (χ2v) is 24.1. The number of pyridine rings is 3. The van der Waals surface area contributed by atoms with E-state index in [0.29, 0.717) is 109 Å². The van der Waals surface area contributed by atoms with Gasteiger partial charge in [0.25, 0.3) is 0 Å². The Bertz CT molecular complexity index is 4210. The number of benzene rings is 3. The van der Waals surface area contributed by atoms with Crippen molar-refractivity contribution in [1.82, 2.24) is 34.1 Å². The number of ether oxygens (including phenoxy) is 3. The maximum absolute atomic E-state index is 14.0. The zero-order valence-electron chi connectivity index (χ0n) is 48.6. The number of halogens is 10. The Kier molecular flexibility index (Phi) is 31.2. The smallest absolute Gasteiger partial charge is 0.228 e. The maximum Gasteiger partial charge on any atom is 0.228 e. The first-order valence-electron chi connectivity index (χ1n) is 26.3. The zero-order valence-corrected chi connectivity index (χ0v) is 58.9. The third-order valence-electron chi connectivity index (χ3n) is 12.9. The molecule has 1 aliphatic heterocycles. The maximum atomic E-state index is 14.0. The Morgan fingerprint density at radius 3 is 1.55 bits per heavy atom. The van der Waals surface area contributed by atoms with E-state index >= 15 is 0 Å². The number of hydrogen-bond donors (Lipinski definition) is 4. The van der Waals surface area contributed by atoms with Gasteiger partial charge in [-0.2, -0.15) is 0 Å².